The van der Waals surface area contributed by atoms with E-state index in [4.69, 9.17) is 18.3 Å². The number of hydrogen-bond acceptors (Lipinski definition) is 6. The third-order valence-corrected chi connectivity index (χ3v) is 4.65. The Morgan fingerprint density at radius 3 is 2.62 bits per heavy atom. The van der Waals surface area contributed by atoms with Crippen LogP contribution in [0.4, 0.5) is 0 Å². The smallest absolute Gasteiger partial charge is 0.347 e. The highest BCUT2D eigenvalue weighted by atomic mass is 16.6. The summed E-state index contributed by atoms with van der Waals surface area (Å²) in [6, 6.07) is 14.4. The van der Waals surface area contributed by atoms with Gasteiger partial charge in [-0.3, -0.25) is 0 Å². The maximum Gasteiger partial charge on any atom is 0.347 e. The highest BCUT2D eigenvalue weighted by molar-refractivity contribution is 5.95. The van der Waals surface area contributed by atoms with Crippen molar-refractivity contribution in [2.24, 2.45) is 0 Å². The van der Waals surface area contributed by atoms with Crippen LogP contribution in [0.5, 0.6) is 5.75 Å². The van der Waals surface area contributed by atoms with Crippen LogP contribution in [-0.2, 0) is 9.53 Å². The highest BCUT2D eigenvalue weighted by Crippen LogP contribution is 2.35. The molecule has 0 aliphatic carbocycles. The van der Waals surface area contributed by atoms with Gasteiger partial charge in [-0.05, 0) is 50.6 Å². The van der Waals surface area contributed by atoms with Crippen LogP contribution >= 0.6 is 0 Å². The molecule has 29 heavy (non-hydrogen) atoms. The minimum atomic E-state index is -0.767. The van der Waals surface area contributed by atoms with Gasteiger partial charge in [-0.25, -0.2) is 9.59 Å². The number of fused-ring (bicyclic) bond motifs is 2. The Morgan fingerprint density at radius 1 is 1.07 bits per heavy atom. The largest absolute Gasteiger partial charge is 0.479 e. The minimum Gasteiger partial charge on any atom is -0.479 e. The van der Waals surface area contributed by atoms with Crippen LogP contribution in [0, 0.1) is 6.92 Å². The molecule has 2 heterocycles. The molecule has 0 N–H and O–H groups in total. The lowest BCUT2D eigenvalue weighted by Crippen LogP contribution is -2.26. The fraction of sp³-hybridized carbons (Fsp3) is 0.217. The number of esters is 1. The standard InChI is InChI=1S/C23H20O6/c1-4-26-23(25)14(3)27-19-11-16-17(12-22(24)29-20(16)9-13(19)2)21-10-15-7-5-6-8-18(15)28-21/h5-12,14H,4H2,1-3H3. The fourth-order valence-corrected chi connectivity index (χ4v) is 3.23. The molecule has 6 heteroatoms. The first-order valence-corrected chi connectivity index (χ1v) is 9.37. The van der Waals surface area contributed by atoms with Crippen molar-refractivity contribution < 1.29 is 23.1 Å². The molecule has 2 aromatic heterocycles. The van der Waals surface area contributed by atoms with Gasteiger partial charge in [0.1, 0.15) is 22.7 Å². The molecule has 0 saturated carbocycles. The van der Waals surface area contributed by atoms with Crippen molar-refractivity contribution >= 4 is 27.9 Å². The van der Waals surface area contributed by atoms with Gasteiger partial charge in [0, 0.05) is 22.4 Å². The van der Waals surface area contributed by atoms with Gasteiger partial charge in [0.15, 0.2) is 6.10 Å². The van der Waals surface area contributed by atoms with Crippen molar-refractivity contribution in [3.63, 3.8) is 0 Å². The summed E-state index contributed by atoms with van der Waals surface area (Å²) in [7, 11) is 0. The molecule has 0 aliphatic rings. The Labute approximate surface area is 166 Å². The molecule has 1 atom stereocenters. The predicted octanol–water partition coefficient (Wildman–Crippen LogP) is 4.85. The summed E-state index contributed by atoms with van der Waals surface area (Å²) < 4.78 is 22.2. The average Bonchev–Trinajstić information content (AvgIpc) is 3.12. The first-order chi connectivity index (χ1) is 14.0. The van der Waals surface area contributed by atoms with E-state index in [9.17, 15) is 9.59 Å². The Balaban J connectivity index is 1.84. The molecule has 0 saturated heterocycles. The van der Waals surface area contributed by atoms with Gasteiger partial charge in [0.2, 0.25) is 0 Å². The lowest BCUT2D eigenvalue weighted by molar-refractivity contribution is -0.150. The van der Waals surface area contributed by atoms with Crippen LogP contribution in [0.25, 0.3) is 33.3 Å². The number of carbonyl (C=O) groups excluding carboxylic acids is 1. The first kappa shape index (κ1) is 18.8. The van der Waals surface area contributed by atoms with E-state index in [0.717, 1.165) is 16.5 Å². The monoisotopic (exact) mass is 392 g/mol. The Hall–Kier alpha value is -3.54. The van der Waals surface area contributed by atoms with E-state index in [1.807, 2.05) is 37.3 Å². The quantitative estimate of drug-likeness (QED) is 0.357. The summed E-state index contributed by atoms with van der Waals surface area (Å²) in [5, 5.41) is 1.59. The molecular weight excluding hydrogens is 372 g/mol. The molecule has 0 amide bonds. The molecule has 0 spiro atoms. The molecule has 0 bridgehead atoms. The number of para-hydroxylation sites is 1. The number of benzene rings is 2. The number of hydrogen-bond donors (Lipinski definition) is 0. The number of rotatable bonds is 5. The molecule has 6 nitrogen and oxygen atoms in total. The zero-order valence-corrected chi connectivity index (χ0v) is 16.4. The van der Waals surface area contributed by atoms with E-state index in [0.29, 0.717) is 28.0 Å². The van der Waals surface area contributed by atoms with E-state index < -0.39 is 17.7 Å². The molecule has 0 aliphatic heterocycles. The summed E-state index contributed by atoms with van der Waals surface area (Å²) in [6.45, 7) is 5.48. The van der Waals surface area contributed by atoms with E-state index >= 15 is 0 Å². The van der Waals surface area contributed by atoms with Gasteiger partial charge in [-0.2, -0.15) is 0 Å². The SMILES string of the molecule is CCOC(=O)C(C)Oc1cc2c(-c3cc4ccccc4o3)cc(=O)oc2cc1C. The lowest BCUT2D eigenvalue weighted by atomic mass is 10.0. The van der Waals surface area contributed by atoms with Gasteiger partial charge in [-0.1, -0.05) is 18.2 Å². The molecule has 148 valence electrons. The average molecular weight is 392 g/mol. The van der Waals surface area contributed by atoms with Crippen LogP contribution in [0.3, 0.4) is 0 Å². The van der Waals surface area contributed by atoms with Crippen LogP contribution < -0.4 is 10.4 Å². The number of ether oxygens (including phenoxy) is 2. The maximum atomic E-state index is 12.1. The van der Waals surface area contributed by atoms with Crippen LogP contribution in [-0.4, -0.2) is 18.7 Å². The van der Waals surface area contributed by atoms with Crippen molar-refractivity contribution in [3.8, 4) is 17.1 Å². The molecular formula is C23H20O6. The summed E-state index contributed by atoms with van der Waals surface area (Å²) in [6.07, 6.45) is -0.767. The van der Waals surface area contributed by atoms with E-state index in [2.05, 4.69) is 0 Å². The molecule has 2 aromatic carbocycles. The number of furan rings is 1. The molecule has 1 unspecified atom stereocenters. The van der Waals surface area contributed by atoms with Crippen molar-refractivity contribution in [2.45, 2.75) is 26.9 Å². The normalized spacial score (nSPS) is 12.2. The second-order valence-electron chi connectivity index (χ2n) is 6.75. The topological polar surface area (TPSA) is 78.9 Å². The van der Waals surface area contributed by atoms with Gasteiger partial charge < -0.3 is 18.3 Å². The number of carbonyl (C=O) groups is 1. The van der Waals surface area contributed by atoms with Gasteiger partial charge >= 0.3 is 11.6 Å². The molecule has 4 aromatic rings. The van der Waals surface area contributed by atoms with Crippen molar-refractivity contribution in [1.29, 1.82) is 0 Å². The van der Waals surface area contributed by atoms with Crippen LogP contribution in [0.15, 0.2) is 62.2 Å². The van der Waals surface area contributed by atoms with E-state index in [-0.39, 0.29) is 6.61 Å². The summed E-state index contributed by atoms with van der Waals surface area (Å²) >= 11 is 0. The highest BCUT2D eigenvalue weighted by Gasteiger charge is 2.19. The van der Waals surface area contributed by atoms with Crippen molar-refractivity contribution in [2.75, 3.05) is 6.61 Å². The van der Waals surface area contributed by atoms with Crippen molar-refractivity contribution in [3.05, 3.63) is 64.5 Å². The Kier molecular flexibility index (Phi) is 4.84. The minimum absolute atomic E-state index is 0.282. The first-order valence-electron chi connectivity index (χ1n) is 9.37. The van der Waals surface area contributed by atoms with E-state index in [1.165, 1.54) is 6.07 Å². The zero-order valence-electron chi connectivity index (χ0n) is 16.4. The summed E-state index contributed by atoms with van der Waals surface area (Å²) in [4.78, 5) is 24.1. The van der Waals surface area contributed by atoms with Crippen LogP contribution in [0.2, 0.25) is 0 Å². The van der Waals surface area contributed by atoms with Gasteiger partial charge in [0.05, 0.1) is 6.61 Å². The second kappa shape index (κ2) is 7.47. The van der Waals surface area contributed by atoms with Gasteiger partial charge in [-0.15, -0.1) is 0 Å². The third kappa shape index (κ3) is 3.61. The maximum absolute atomic E-state index is 12.1. The fourth-order valence-electron chi connectivity index (χ4n) is 3.23. The molecule has 0 fully saturated rings. The number of aryl methyl sites for hydroxylation is 1. The van der Waals surface area contributed by atoms with E-state index in [1.54, 1.807) is 26.0 Å². The predicted molar refractivity (Wildman–Crippen MR) is 109 cm³/mol. The molecule has 0 radical (unpaired) electrons. The summed E-state index contributed by atoms with van der Waals surface area (Å²) in [5.74, 6) is 0.616. The Morgan fingerprint density at radius 2 is 1.86 bits per heavy atom. The van der Waals surface area contributed by atoms with Crippen LogP contribution in [0.1, 0.15) is 19.4 Å². The zero-order chi connectivity index (χ0) is 20.5. The molecule has 4 rings (SSSR count). The third-order valence-electron chi connectivity index (χ3n) is 4.65. The second-order valence-corrected chi connectivity index (χ2v) is 6.75. The Bertz CT molecular complexity index is 1230. The lowest BCUT2D eigenvalue weighted by Gasteiger charge is -2.16. The van der Waals surface area contributed by atoms with Gasteiger partial charge in [0.25, 0.3) is 0 Å². The summed E-state index contributed by atoms with van der Waals surface area (Å²) in [5.41, 5.74) is 2.01. The van der Waals surface area contributed by atoms with Crippen molar-refractivity contribution in [1.82, 2.24) is 0 Å².